The summed E-state index contributed by atoms with van der Waals surface area (Å²) in [4.78, 5) is 0. The first-order valence-corrected chi connectivity index (χ1v) is 15.1. The molecule has 0 amide bonds. The first-order valence-electron chi connectivity index (χ1n) is 15.1. The van der Waals surface area contributed by atoms with E-state index in [1.807, 2.05) is 0 Å². The van der Waals surface area contributed by atoms with E-state index >= 15 is 0 Å². The molecule has 0 aromatic carbocycles. The second-order valence-corrected chi connectivity index (χ2v) is 10.5. The van der Waals surface area contributed by atoms with E-state index < -0.39 is 0 Å². The summed E-state index contributed by atoms with van der Waals surface area (Å²) in [7, 11) is 0. The second kappa shape index (κ2) is 28.0. The Labute approximate surface area is 199 Å². The summed E-state index contributed by atoms with van der Waals surface area (Å²) in [5, 5.41) is 0. The molecule has 188 valence electrons. The van der Waals surface area contributed by atoms with E-state index in [4.69, 9.17) is 5.73 Å². The van der Waals surface area contributed by atoms with Crippen molar-refractivity contribution in [1.82, 2.24) is 0 Å². The molecule has 0 saturated heterocycles. The predicted octanol–water partition coefficient (Wildman–Crippen LogP) is 10.9. The Hall–Kier alpha value is -0.0400. The molecule has 1 unspecified atom stereocenters. The summed E-state index contributed by atoms with van der Waals surface area (Å²) >= 11 is 0. The Morgan fingerprint density at radius 3 is 0.742 bits per heavy atom. The van der Waals surface area contributed by atoms with Gasteiger partial charge < -0.3 is 5.73 Å². The topological polar surface area (TPSA) is 26.0 Å². The number of nitrogens with two attached hydrogens (primary N) is 1. The fourth-order valence-corrected chi connectivity index (χ4v) is 4.82. The Bertz CT molecular complexity index is 301. The highest BCUT2D eigenvalue weighted by molar-refractivity contribution is 4.62. The minimum Gasteiger partial charge on any atom is -0.328 e. The Morgan fingerprint density at radius 1 is 0.323 bits per heavy atom. The summed E-state index contributed by atoms with van der Waals surface area (Å²) in [6.45, 7) is 4.59. The lowest BCUT2D eigenvalue weighted by molar-refractivity contribution is 0.479. The molecule has 0 aromatic heterocycles. The van der Waals surface area contributed by atoms with Gasteiger partial charge in [0.25, 0.3) is 0 Å². The van der Waals surface area contributed by atoms with Gasteiger partial charge in [-0.05, 0) is 12.8 Å². The predicted molar refractivity (Wildman–Crippen MR) is 144 cm³/mol. The van der Waals surface area contributed by atoms with Crippen LogP contribution in [0.25, 0.3) is 0 Å². The monoisotopic (exact) mass is 437 g/mol. The van der Waals surface area contributed by atoms with Gasteiger partial charge >= 0.3 is 0 Å². The molecule has 1 nitrogen and oxygen atoms in total. The van der Waals surface area contributed by atoms with Crippen LogP contribution in [0.5, 0.6) is 0 Å². The Morgan fingerprint density at radius 2 is 0.516 bits per heavy atom. The summed E-state index contributed by atoms with van der Waals surface area (Å²) in [5.74, 6) is 0. The summed E-state index contributed by atoms with van der Waals surface area (Å²) < 4.78 is 0. The standard InChI is InChI=1S/C30H63N/c1-3-5-7-9-11-12-13-14-15-16-17-18-19-20-21-23-25-27-29-30(31)28-26-24-22-10-8-6-4-2/h30H,3-29,31H2,1-2H3. The van der Waals surface area contributed by atoms with E-state index in [-0.39, 0.29) is 0 Å². The smallest absolute Gasteiger partial charge is 0.00388 e. The molecule has 0 saturated carbocycles. The molecular weight excluding hydrogens is 374 g/mol. The Kier molecular flexibility index (Phi) is 28.0. The SMILES string of the molecule is CCCCCCCCCCCCCCCCCCCCC(N)CCCCCCCCC. The van der Waals surface area contributed by atoms with Crippen LogP contribution in [0, 0.1) is 0 Å². The quantitative estimate of drug-likeness (QED) is 0.127. The average molecular weight is 438 g/mol. The molecule has 31 heavy (non-hydrogen) atoms. The Balaban J connectivity index is 3.10. The van der Waals surface area contributed by atoms with Gasteiger partial charge in [-0.25, -0.2) is 0 Å². The van der Waals surface area contributed by atoms with Crippen molar-refractivity contribution in [2.24, 2.45) is 5.73 Å². The third kappa shape index (κ3) is 27.9. The fraction of sp³-hybridized carbons (Fsp3) is 1.00. The zero-order valence-electron chi connectivity index (χ0n) is 22.2. The van der Waals surface area contributed by atoms with Gasteiger partial charge in [0.1, 0.15) is 0 Å². The van der Waals surface area contributed by atoms with Crippen LogP contribution in [0.3, 0.4) is 0 Å². The summed E-state index contributed by atoms with van der Waals surface area (Å²) in [6, 6.07) is 0.469. The van der Waals surface area contributed by atoms with Crippen molar-refractivity contribution in [2.45, 2.75) is 193 Å². The molecule has 1 heteroatoms. The van der Waals surface area contributed by atoms with Crippen LogP contribution in [0.4, 0.5) is 0 Å². The van der Waals surface area contributed by atoms with Crippen LogP contribution in [0.2, 0.25) is 0 Å². The van der Waals surface area contributed by atoms with Crippen LogP contribution in [-0.4, -0.2) is 6.04 Å². The van der Waals surface area contributed by atoms with E-state index in [1.54, 1.807) is 0 Å². The third-order valence-corrected chi connectivity index (χ3v) is 7.11. The lowest BCUT2D eigenvalue weighted by atomic mass is 10.0. The van der Waals surface area contributed by atoms with Crippen molar-refractivity contribution < 1.29 is 0 Å². The largest absolute Gasteiger partial charge is 0.328 e. The molecule has 2 N–H and O–H groups in total. The zero-order valence-corrected chi connectivity index (χ0v) is 22.2. The van der Waals surface area contributed by atoms with Gasteiger partial charge in [0.2, 0.25) is 0 Å². The minimum atomic E-state index is 0.469. The maximum atomic E-state index is 6.31. The van der Waals surface area contributed by atoms with Crippen LogP contribution in [0.15, 0.2) is 0 Å². The molecule has 0 fully saturated rings. The summed E-state index contributed by atoms with van der Waals surface area (Å²) in [5.41, 5.74) is 6.31. The minimum absolute atomic E-state index is 0.469. The molecule has 0 spiro atoms. The normalized spacial score (nSPS) is 12.5. The fourth-order valence-electron chi connectivity index (χ4n) is 4.82. The highest BCUT2D eigenvalue weighted by atomic mass is 14.6. The van der Waals surface area contributed by atoms with Gasteiger partial charge in [-0.1, -0.05) is 174 Å². The van der Waals surface area contributed by atoms with Crippen molar-refractivity contribution in [1.29, 1.82) is 0 Å². The van der Waals surface area contributed by atoms with Crippen LogP contribution < -0.4 is 5.73 Å². The molecule has 0 rings (SSSR count). The highest BCUT2D eigenvalue weighted by Crippen LogP contribution is 2.16. The lowest BCUT2D eigenvalue weighted by Gasteiger charge is -2.11. The van der Waals surface area contributed by atoms with Gasteiger partial charge in [-0.15, -0.1) is 0 Å². The van der Waals surface area contributed by atoms with Gasteiger partial charge in [0.15, 0.2) is 0 Å². The molecule has 0 aromatic rings. The lowest BCUT2D eigenvalue weighted by Crippen LogP contribution is -2.19. The molecule has 0 radical (unpaired) electrons. The molecule has 0 aliphatic rings. The van der Waals surface area contributed by atoms with Crippen LogP contribution in [-0.2, 0) is 0 Å². The molecule has 0 aliphatic carbocycles. The maximum absolute atomic E-state index is 6.31. The van der Waals surface area contributed by atoms with Crippen molar-refractivity contribution in [3.05, 3.63) is 0 Å². The molecule has 1 atom stereocenters. The molecular formula is C30H63N. The van der Waals surface area contributed by atoms with Gasteiger partial charge in [0, 0.05) is 6.04 Å². The zero-order chi connectivity index (χ0) is 22.7. The van der Waals surface area contributed by atoms with Crippen molar-refractivity contribution >= 4 is 0 Å². The van der Waals surface area contributed by atoms with Crippen molar-refractivity contribution in [3.8, 4) is 0 Å². The first kappa shape index (κ1) is 31.0. The van der Waals surface area contributed by atoms with Crippen molar-refractivity contribution in [3.63, 3.8) is 0 Å². The van der Waals surface area contributed by atoms with E-state index in [1.165, 1.54) is 173 Å². The number of rotatable bonds is 27. The van der Waals surface area contributed by atoms with Crippen LogP contribution in [0.1, 0.15) is 187 Å². The average Bonchev–Trinajstić information content (AvgIpc) is 2.77. The number of hydrogen-bond donors (Lipinski definition) is 1. The molecule has 0 heterocycles. The number of hydrogen-bond acceptors (Lipinski definition) is 1. The molecule has 0 aliphatic heterocycles. The molecule has 0 bridgehead atoms. The van der Waals surface area contributed by atoms with E-state index in [0.29, 0.717) is 6.04 Å². The highest BCUT2D eigenvalue weighted by Gasteiger charge is 2.02. The first-order chi connectivity index (χ1) is 15.3. The van der Waals surface area contributed by atoms with E-state index in [2.05, 4.69) is 13.8 Å². The maximum Gasteiger partial charge on any atom is 0.00388 e. The number of unbranched alkanes of at least 4 members (excludes halogenated alkanes) is 23. The van der Waals surface area contributed by atoms with Gasteiger partial charge in [-0.2, -0.15) is 0 Å². The second-order valence-electron chi connectivity index (χ2n) is 10.5. The van der Waals surface area contributed by atoms with E-state index in [9.17, 15) is 0 Å². The van der Waals surface area contributed by atoms with E-state index in [0.717, 1.165) is 0 Å². The summed E-state index contributed by atoms with van der Waals surface area (Å²) in [6.07, 6.45) is 38.5. The third-order valence-electron chi connectivity index (χ3n) is 7.11. The van der Waals surface area contributed by atoms with Gasteiger partial charge in [0.05, 0.1) is 0 Å². The van der Waals surface area contributed by atoms with Gasteiger partial charge in [-0.3, -0.25) is 0 Å². The van der Waals surface area contributed by atoms with Crippen molar-refractivity contribution in [2.75, 3.05) is 0 Å². The van der Waals surface area contributed by atoms with Crippen LogP contribution >= 0.6 is 0 Å².